The van der Waals surface area contributed by atoms with Gasteiger partial charge in [-0.25, -0.2) is 4.39 Å². The van der Waals surface area contributed by atoms with Crippen LogP contribution in [0, 0.1) is 11.7 Å². The molecule has 0 radical (unpaired) electrons. The molecule has 2 amide bonds. The van der Waals surface area contributed by atoms with Crippen LogP contribution in [0.5, 0.6) is 0 Å². The largest absolute Gasteiger partial charge is 0.342 e. The van der Waals surface area contributed by atoms with E-state index in [1.807, 2.05) is 42.6 Å². The van der Waals surface area contributed by atoms with E-state index in [4.69, 9.17) is 0 Å². The summed E-state index contributed by atoms with van der Waals surface area (Å²) in [6.07, 6.45) is 2.62. The van der Waals surface area contributed by atoms with Crippen molar-refractivity contribution in [2.24, 2.45) is 5.92 Å². The molecule has 0 spiro atoms. The Bertz CT molecular complexity index is 1080. The minimum atomic E-state index is -0.674. The lowest BCUT2D eigenvalue weighted by Crippen LogP contribution is -2.34. The first-order valence-electron chi connectivity index (χ1n) is 9.17. The Labute approximate surface area is 161 Å². The van der Waals surface area contributed by atoms with Gasteiger partial charge in [-0.3, -0.25) is 14.0 Å². The van der Waals surface area contributed by atoms with Gasteiger partial charge in [-0.2, -0.15) is 0 Å². The Morgan fingerprint density at radius 1 is 1.25 bits per heavy atom. The molecule has 1 aromatic carbocycles. The number of nitrogens with zero attached hydrogens (tertiary/aromatic N) is 3. The maximum absolute atomic E-state index is 14.6. The maximum Gasteiger partial charge on any atom is 0.254 e. The molecule has 4 rings (SSSR count). The number of carbonyl (C=O) groups excluding carboxylic acids is 2. The number of nitrogens with one attached hydrogen (secondary N) is 2. The highest BCUT2D eigenvalue weighted by Crippen LogP contribution is 2.27. The number of carbonyl (C=O) groups is 2. The minimum absolute atomic E-state index is 0.0107. The minimum Gasteiger partial charge on any atom is -0.342 e. The van der Waals surface area contributed by atoms with Crippen LogP contribution < -0.4 is 10.6 Å². The van der Waals surface area contributed by atoms with Crippen molar-refractivity contribution in [3.8, 4) is 0 Å². The SMILES string of the molecule is CC(C)[C@H](NC(=O)c1cc2c(cc1F)NC(=O)CC2)c1nnc2ccccn12. The maximum atomic E-state index is 14.6. The van der Waals surface area contributed by atoms with Gasteiger partial charge < -0.3 is 10.6 Å². The molecule has 1 aliphatic heterocycles. The van der Waals surface area contributed by atoms with Gasteiger partial charge in [0, 0.05) is 18.3 Å². The number of hydrogen-bond donors (Lipinski definition) is 2. The normalized spacial score (nSPS) is 14.6. The van der Waals surface area contributed by atoms with Crippen molar-refractivity contribution >= 4 is 23.1 Å². The number of rotatable bonds is 4. The van der Waals surface area contributed by atoms with Gasteiger partial charge in [0.2, 0.25) is 5.91 Å². The lowest BCUT2D eigenvalue weighted by molar-refractivity contribution is -0.116. The molecule has 3 heterocycles. The summed E-state index contributed by atoms with van der Waals surface area (Å²) >= 11 is 0. The van der Waals surface area contributed by atoms with Gasteiger partial charge in [0.15, 0.2) is 11.5 Å². The molecule has 1 aliphatic rings. The number of fused-ring (bicyclic) bond motifs is 2. The molecular formula is C20H20FN5O2. The zero-order valence-electron chi connectivity index (χ0n) is 15.6. The van der Waals surface area contributed by atoms with Crippen molar-refractivity contribution < 1.29 is 14.0 Å². The fraction of sp³-hybridized carbons (Fsp3) is 0.300. The van der Waals surface area contributed by atoms with Crippen molar-refractivity contribution in [1.82, 2.24) is 19.9 Å². The molecule has 28 heavy (non-hydrogen) atoms. The number of amides is 2. The molecule has 0 saturated carbocycles. The zero-order chi connectivity index (χ0) is 19.8. The van der Waals surface area contributed by atoms with E-state index in [0.29, 0.717) is 30.0 Å². The van der Waals surface area contributed by atoms with Crippen LogP contribution in [0.25, 0.3) is 5.65 Å². The Kier molecular flexibility index (Phi) is 4.54. The van der Waals surface area contributed by atoms with Gasteiger partial charge in [0.1, 0.15) is 5.82 Å². The predicted octanol–water partition coefficient (Wildman–Crippen LogP) is 2.88. The molecule has 0 aliphatic carbocycles. The van der Waals surface area contributed by atoms with E-state index in [1.165, 1.54) is 12.1 Å². The fourth-order valence-electron chi connectivity index (χ4n) is 3.40. The van der Waals surface area contributed by atoms with E-state index in [2.05, 4.69) is 20.8 Å². The quantitative estimate of drug-likeness (QED) is 0.727. The van der Waals surface area contributed by atoms with E-state index in [1.54, 1.807) is 0 Å². The summed E-state index contributed by atoms with van der Waals surface area (Å²) < 4.78 is 16.4. The highest BCUT2D eigenvalue weighted by Gasteiger charge is 2.26. The van der Waals surface area contributed by atoms with Crippen LogP contribution in [-0.2, 0) is 11.2 Å². The number of anilines is 1. The average Bonchev–Trinajstić information content (AvgIpc) is 3.09. The summed E-state index contributed by atoms with van der Waals surface area (Å²) in [5.41, 5.74) is 1.80. The van der Waals surface area contributed by atoms with Crippen LogP contribution in [0.1, 0.15) is 48.1 Å². The van der Waals surface area contributed by atoms with Crippen molar-refractivity contribution in [3.05, 3.63) is 59.3 Å². The summed E-state index contributed by atoms with van der Waals surface area (Å²) in [5.74, 6) is -0.751. The second-order valence-corrected chi connectivity index (χ2v) is 7.22. The van der Waals surface area contributed by atoms with E-state index < -0.39 is 17.8 Å². The molecule has 7 nitrogen and oxygen atoms in total. The van der Waals surface area contributed by atoms with E-state index in [0.717, 1.165) is 5.56 Å². The van der Waals surface area contributed by atoms with Crippen LogP contribution in [-0.4, -0.2) is 26.4 Å². The average molecular weight is 381 g/mol. The molecule has 0 saturated heterocycles. The van der Waals surface area contributed by atoms with Gasteiger partial charge in [0.05, 0.1) is 11.6 Å². The molecule has 2 aromatic heterocycles. The lowest BCUT2D eigenvalue weighted by Gasteiger charge is -2.22. The molecule has 0 unspecified atom stereocenters. The number of aromatic nitrogens is 3. The number of benzene rings is 1. The van der Waals surface area contributed by atoms with Crippen molar-refractivity contribution in [1.29, 1.82) is 0 Å². The third kappa shape index (κ3) is 3.21. The van der Waals surface area contributed by atoms with Crippen LogP contribution in [0.4, 0.5) is 10.1 Å². The monoisotopic (exact) mass is 381 g/mol. The van der Waals surface area contributed by atoms with Crippen molar-refractivity contribution in [3.63, 3.8) is 0 Å². The second kappa shape index (κ2) is 7.03. The third-order valence-corrected chi connectivity index (χ3v) is 4.90. The number of halogens is 1. The van der Waals surface area contributed by atoms with Gasteiger partial charge in [0.25, 0.3) is 5.91 Å². The Balaban J connectivity index is 1.65. The smallest absolute Gasteiger partial charge is 0.254 e. The number of aryl methyl sites for hydroxylation is 1. The molecular weight excluding hydrogens is 361 g/mol. The van der Waals surface area contributed by atoms with Gasteiger partial charge in [-0.15, -0.1) is 10.2 Å². The standard InChI is InChI=1S/C20H20FN5O2/c1-11(2)18(19-25-24-16-5-3-4-8-26(16)19)23-20(28)13-9-12-6-7-17(27)22-15(12)10-14(13)21/h3-5,8-11,18H,6-7H2,1-2H3,(H,22,27)(H,23,28)/t18-/m0/s1. The number of hydrogen-bond acceptors (Lipinski definition) is 4. The number of pyridine rings is 1. The van der Waals surface area contributed by atoms with E-state index in [9.17, 15) is 14.0 Å². The lowest BCUT2D eigenvalue weighted by atomic mass is 9.98. The van der Waals surface area contributed by atoms with Gasteiger partial charge >= 0.3 is 0 Å². The van der Waals surface area contributed by atoms with E-state index in [-0.39, 0.29) is 17.4 Å². The van der Waals surface area contributed by atoms with Crippen molar-refractivity contribution in [2.45, 2.75) is 32.7 Å². The molecule has 0 bridgehead atoms. The molecule has 2 N–H and O–H groups in total. The van der Waals surface area contributed by atoms with Crippen LogP contribution >= 0.6 is 0 Å². The Morgan fingerprint density at radius 3 is 2.86 bits per heavy atom. The summed E-state index contributed by atoms with van der Waals surface area (Å²) in [7, 11) is 0. The first-order chi connectivity index (χ1) is 13.4. The summed E-state index contributed by atoms with van der Waals surface area (Å²) in [5, 5.41) is 13.9. The Hall–Kier alpha value is -3.29. The highest BCUT2D eigenvalue weighted by atomic mass is 19.1. The predicted molar refractivity (Wildman–Crippen MR) is 101 cm³/mol. The third-order valence-electron chi connectivity index (χ3n) is 4.90. The van der Waals surface area contributed by atoms with Crippen LogP contribution in [0.2, 0.25) is 0 Å². The van der Waals surface area contributed by atoms with E-state index >= 15 is 0 Å². The van der Waals surface area contributed by atoms with Crippen molar-refractivity contribution in [2.75, 3.05) is 5.32 Å². The zero-order valence-corrected chi connectivity index (χ0v) is 15.6. The van der Waals surface area contributed by atoms with Gasteiger partial charge in [-0.1, -0.05) is 19.9 Å². The molecule has 144 valence electrons. The van der Waals surface area contributed by atoms with Gasteiger partial charge in [-0.05, 0) is 42.2 Å². The second-order valence-electron chi connectivity index (χ2n) is 7.22. The topological polar surface area (TPSA) is 88.4 Å². The first-order valence-corrected chi connectivity index (χ1v) is 9.17. The van der Waals surface area contributed by atoms with Crippen LogP contribution in [0.3, 0.4) is 0 Å². The Morgan fingerprint density at radius 2 is 2.07 bits per heavy atom. The molecule has 1 atom stereocenters. The molecule has 3 aromatic rings. The first kappa shape index (κ1) is 18.1. The molecule has 8 heteroatoms. The fourth-order valence-corrected chi connectivity index (χ4v) is 3.40. The summed E-state index contributed by atoms with van der Waals surface area (Å²) in [4.78, 5) is 24.4. The summed E-state index contributed by atoms with van der Waals surface area (Å²) in [6, 6.07) is 7.82. The highest BCUT2D eigenvalue weighted by molar-refractivity contribution is 5.98. The van der Waals surface area contributed by atoms with Crippen LogP contribution in [0.15, 0.2) is 36.5 Å². The molecule has 0 fully saturated rings. The summed E-state index contributed by atoms with van der Waals surface area (Å²) in [6.45, 7) is 3.90.